The van der Waals surface area contributed by atoms with Crippen molar-refractivity contribution in [3.63, 3.8) is 0 Å². The molecule has 4 amide bonds. The molecular weight excluding hydrogens is 456 g/mol. The first-order valence-electron chi connectivity index (χ1n) is 13.7. The molecule has 0 N–H and O–H groups in total. The molecule has 0 aromatic heterocycles. The third-order valence-corrected chi connectivity index (χ3v) is 7.89. The minimum Gasteiger partial charge on any atom is -0.291 e. The summed E-state index contributed by atoms with van der Waals surface area (Å²) in [7, 11) is 0. The Labute approximate surface area is 213 Å². The standard InChI is InChI=1S/C28H38N4O4/c1-3-13-29(17-19-5-6-19)23-15-25(33)31(27(23)35)21-9-11-22(12-10-21)32-26(34)16-24(28(32)36)30(14-4-2)18-20-7-8-20/h9-12,19-20,23-24H,3-8,13-18H2,1-2H3/t23-,24-/m1/s1. The molecule has 2 aliphatic heterocycles. The summed E-state index contributed by atoms with van der Waals surface area (Å²) in [6, 6.07) is 5.91. The van der Waals surface area contributed by atoms with Crippen LogP contribution < -0.4 is 9.80 Å². The minimum atomic E-state index is -0.406. The number of imide groups is 2. The molecule has 0 bridgehead atoms. The monoisotopic (exact) mass is 494 g/mol. The Balaban J connectivity index is 1.29. The van der Waals surface area contributed by atoms with Crippen LogP contribution in [-0.2, 0) is 19.2 Å². The Bertz CT molecular complexity index is 936. The molecule has 194 valence electrons. The van der Waals surface area contributed by atoms with E-state index in [0.717, 1.165) is 39.0 Å². The van der Waals surface area contributed by atoms with Crippen molar-refractivity contribution in [3.05, 3.63) is 24.3 Å². The number of benzene rings is 1. The molecule has 36 heavy (non-hydrogen) atoms. The first kappa shape index (κ1) is 25.1. The Morgan fingerprint density at radius 1 is 0.667 bits per heavy atom. The Hall–Kier alpha value is -2.58. The zero-order valence-electron chi connectivity index (χ0n) is 21.5. The van der Waals surface area contributed by atoms with Crippen molar-refractivity contribution in [1.29, 1.82) is 0 Å². The van der Waals surface area contributed by atoms with Gasteiger partial charge in [0.2, 0.25) is 11.8 Å². The van der Waals surface area contributed by atoms with Gasteiger partial charge in [-0.05, 0) is 87.7 Å². The molecule has 8 heteroatoms. The third kappa shape index (κ3) is 5.11. The van der Waals surface area contributed by atoms with Crippen molar-refractivity contribution in [2.75, 3.05) is 36.0 Å². The number of anilines is 2. The Morgan fingerprint density at radius 2 is 1.03 bits per heavy atom. The van der Waals surface area contributed by atoms with Crippen molar-refractivity contribution < 1.29 is 19.2 Å². The summed E-state index contributed by atoms with van der Waals surface area (Å²) in [4.78, 5) is 59.2. The molecule has 4 aliphatic rings. The van der Waals surface area contributed by atoms with Crippen LogP contribution >= 0.6 is 0 Å². The lowest BCUT2D eigenvalue weighted by molar-refractivity contribution is -0.124. The van der Waals surface area contributed by atoms with Gasteiger partial charge < -0.3 is 0 Å². The molecule has 8 nitrogen and oxygen atoms in total. The summed E-state index contributed by atoms with van der Waals surface area (Å²) in [6.07, 6.45) is 7.08. The lowest BCUT2D eigenvalue weighted by atomic mass is 10.1. The predicted molar refractivity (Wildman–Crippen MR) is 137 cm³/mol. The molecule has 1 aromatic carbocycles. The third-order valence-electron chi connectivity index (χ3n) is 7.89. The lowest BCUT2D eigenvalue weighted by Crippen LogP contribution is -2.43. The first-order chi connectivity index (χ1) is 17.4. The molecule has 4 fully saturated rings. The smallest absolute Gasteiger partial charge is 0.251 e. The van der Waals surface area contributed by atoms with Crippen LogP contribution in [-0.4, -0.2) is 71.7 Å². The Morgan fingerprint density at radius 3 is 1.33 bits per heavy atom. The average molecular weight is 495 g/mol. The second kappa shape index (κ2) is 10.4. The quantitative estimate of drug-likeness (QED) is 0.415. The van der Waals surface area contributed by atoms with Crippen LogP contribution in [0.15, 0.2) is 24.3 Å². The Kier molecular flexibility index (Phi) is 7.26. The van der Waals surface area contributed by atoms with Crippen molar-refractivity contribution in [3.8, 4) is 0 Å². The van der Waals surface area contributed by atoms with Crippen LogP contribution in [0.1, 0.15) is 65.2 Å². The number of carbonyl (C=O) groups excluding carboxylic acids is 4. The SMILES string of the molecule is CCCN(CC1CC1)[C@@H]1CC(=O)N(c2ccc(N3C(=O)C[C@@H](N(CCC)CC4CC4)C3=O)cc2)C1=O. The van der Waals surface area contributed by atoms with Crippen LogP contribution in [0, 0.1) is 11.8 Å². The van der Waals surface area contributed by atoms with Gasteiger partial charge in [0.25, 0.3) is 11.8 Å². The summed E-state index contributed by atoms with van der Waals surface area (Å²) >= 11 is 0. The molecule has 2 heterocycles. The van der Waals surface area contributed by atoms with Crippen molar-refractivity contribution in [2.45, 2.75) is 77.3 Å². The summed E-state index contributed by atoms with van der Waals surface area (Å²) in [5.74, 6) is 0.544. The second-order valence-electron chi connectivity index (χ2n) is 11.0. The van der Waals surface area contributed by atoms with Gasteiger partial charge in [0.1, 0.15) is 0 Å². The van der Waals surface area contributed by atoms with Gasteiger partial charge in [-0.2, -0.15) is 0 Å². The fourth-order valence-corrected chi connectivity index (χ4v) is 5.68. The molecule has 2 atom stereocenters. The van der Waals surface area contributed by atoms with E-state index in [1.165, 1.54) is 35.5 Å². The zero-order valence-corrected chi connectivity index (χ0v) is 21.5. The fourth-order valence-electron chi connectivity index (χ4n) is 5.68. The van der Waals surface area contributed by atoms with Gasteiger partial charge in [0.05, 0.1) is 36.3 Å². The maximum Gasteiger partial charge on any atom is 0.251 e. The van der Waals surface area contributed by atoms with E-state index in [0.29, 0.717) is 23.2 Å². The average Bonchev–Trinajstić information content (AvgIpc) is 3.78. The highest BCUT2D eigenvalue weighted by molar-refractivity contribution is 6.24. The van der Waals surface area contributed by atoms with E-state index in [2.05, 4.69) is 23.6 Å². The van der Waals surface area contributed by atoms with Crippen molar-refractivity contribution in [1.82, 2.24) is 9.80 Å². The van der Waals surface area contributed by atoms with E-state index in [9.17, 15) is 19.2 Å². The molecule has 0 radical (unpaired) electrons. The van der Waals surface area contributed by atoms with Gasteiger partial charge in [-0.1, -0.05) is 13.8 Å². The summed E-state index contributed by atoms with van der Waals surface area (Å²) < 4.78 is 0. The maximum absolute atomic E-state index is 13.3. The molecule has 2 aliphatic carbocycles. The second-order valence-corrected chi connectivity index (χ2v) is 11.0. The molecule has 1 aromatic rings. The van der Waals surface area contributed by atoms with E-state index < -0.39 is 12.1 Å². The fraction of sp³-hybridized carbons (Fsp3) is 0.643. The number of hydrogen-bond acceptors (Lipinski definition) is 6. The van der Waals surface area contributed by atoms with Crippen LogP contribution in [0.2, 0.25) is 0 Å². The number of hydrogen-bond donors (Lipinski definition) is 0. The van der Waals surface area contributed by atoms with E-state index in [-0.39, 0.29) is 36.5 Å². The highest BCUT2D eigenvalue weighted by Gasteiger charge is 2.45. The van der Waals surface area contributed by atoms with Crippen molar-refractivity contribution >= 4 is 35.0 Å². The summed E-state index contributed by atoms with van der Waals surface area (Å²) in [5, 5.41) is 0. The molecule has 5 rings (SSSR count). The van der Waals surface area contributed by atoms with Crippen LogP contribution in [0.25, 0.3) is 0 Å². The number of carbonyl (C=O) groups is 4. The highest BCUT2D eigenvalue weighted by Crippen LogP contribution is 2.35. The zero-order chi connectivity index (χ0) is 25.4. The van der Waals surface area contributed by atoms with Crippen LogP contribution in [0.4, 0.5) is 11.4 Å². The van der Waals surface area contributed by atoms with Crippen molar-refractivity contribution in [2.24, 2.45) is 11.8 Å². The summed E-state index contributed by atoms with van der Waals surface area (Å²) in [6.45, 7) is 7.56. The largest absolute Gasteiger partial charge is 0.291 e. The number of rotatable bonds is 12. The number of amides is 4. The van der Waals surface area contributed by atoms with Gasteiger partial charge in [-0.25, -0.2) is 9.80 Å². The van der Waals surface area contributed by atoms with Crippen LogP contribution in [0.3, 0.4) is 0 Å². The molecule has 0 unspecified atom stereocenters. The summed E-state index contributed by atoms with van der Waals surface area (Å²) in [5.41, 5.74) is 0.993. The first-order valence-corrected chi connectivity index (χ1v) is 13.7. The molecule has 2 saturated carbocycles. The topological polar surface area (TPSA) is 81.2 Å². The predicted octanol–water partition coefficient (Wildman–Crippen LogP) is 3.19. The van der Waals surface area contributed by atoms with Gasteiger partial charge >= 0.3 is 0 Å². The molecule has 0 spiro atoms. The highest BCUT2D eigenvalue weighted by atomic mass is 16.2. The van der Waals surface area contributed by atoms with Crippen LogP contribution in [0.5, 0.6) is 0 Å². The lowest BCUT2D eigenvalue weighted by Gasteiger charge is -2.27. The van der Waals surface area contributed by atoms with Gasteiger partial charge in [0, 0.05) is 13.1 Å². The maximum atomic E-state index is 13.3. The van der Waals surface area contributed by atoms with Gasteiger partial charge in [-0.15, -0.1) is 0 Å². The van der Waals surface area contributed by atoms with E-state index in [1.54, 1.807) is 24.3 Å². The normalized spacial score (nSPS) is 24.8. The van der Waals surface area contributed by atoms with E-state index >= 15 is 0 Å². The molecule has 2 saturated heterocycles. The molecular formula is C28H38N4O4. The van der Waals surface area contributed by atoms with Gasteiger partial charge in [-0.3, -0.25) is 29.0 Å². The van der Waals surface area contributed by atoms with Gasteiger partial charge in [0.15, 0.2) is 0 Å². The number of nitrogens with zero attached hydrogens (tertiary/aromatic N) is 4. The van der Waals surface area contributed by atoms with E-state index in [4.69, 9.17) is 0 Å². The van der Waals surface area contributed by atoms with E-state index in [1.807, 2.05) is 0 Å². The minimum absolute atomic E-state index is 0.175.